The first-order valence-electron chi connectivity index (χ1n) is 7.51. The van der Waals surface area contributed by atoms with E-state index in [1.165, 1.54) is 11.8 Å². The lowest BCUT2D eigenvalue weighted by Gasteiger charge is -2.12. The Morgan fingerprint density at radius 3 is 2.76 bits per heavy atom. The Balaban J connectivity index is 2.04. The second-order valence-corrected chi connectivity index (χ2v) is 6.82. The average molecular weight is 374 g/mol. The van der Waals surface area contributed by atoms with Crippen molar-refractivity contribution in [3.8, 4) is 17.1 Å². The van der Waals surface area contributed by atoms with Crippen molar-refractivity contribution < 1.29 is 4.79 Å². The molecule has 1 aromatic carbocycles. The van der Waals surface area contributed by atoms with Gasteiger partial charge in [0.1, 0.15) is 0 Å². The molecule has 0 fully saturated rings. The largest absolute Gasteiger partial charge is 0.348 e. The van der Waals surface area contributed by atoms with Gasteiger partial charge in [0.05, 0.1) is 11.4 Å². The molecule has 0 aliphatic rings. The summed E-state index contributed by atoms with van der Waals surface area (Å²) in [7, 11) is 3.46. The zero-order chi connectivity index (χ0) is 17.8. The van der Waals surface area contributed by atoms with Gasteiger partial charge in [0.15, 0.2) is 11.0 Å². The number of amides is 1. The molecule has 0 saturated heterocycles. The Morgan fingerprint density at radius 1 is 1.24 bits per heavy atom. The number of halogens is 1. The van der Waals surface area contributed by atoms with Gasteiger partial charge in [0.25, 0.3) is 0 Å². The van der Waals surface area contributed by atoms with Crippen LogP contribution in [0.3, 0.4) is 0 Å². The molecule has 8 heteroatoms. The zero-order valence-corrected chi connectivity index (χ0v) is 15.3. The normalized spacial score (nSPS) is 10.7. The van der Waals surface area contributed by atoms with E-state index in [0.29, 0.717) is 16.0 Å². The molecule has 0 spiro atoms. The van der Waals surface area contributed by atoms with E-state index in [4.69, 9.17) is 11.6 Å². The summed E-state index contributed by atoms with van der Waals surface area (Å²) in [5.74, 6) is 0.933. The number of aromatic nitrogens is 4. The highest BCUT2D eigenvalue weighted by atomic mass is 35.5. The Morgan fingerprint density at radius 2 is 2.08 bits per heavy atom. The van der Waals surface area contributed by atoms with E-state index < -0.39 is 0 Å². The van der Waals surface area contributed by atoms with Crippen LogP contribution in [0.2, 0.25) is 5.02 Å². The third kappa shape index (κ3) is 4.00. The van der Waals surface area contributed by atoms with Crippen molar-refractivity contribution in [2.24, 2.45) is 0 Å². The van der Waals surface area contributed by atoms with Crippen LogP contribution in [0, 0.1) is 0 Å². The highest BCUT2D eigenvalue weighted by molar-refractivity contribution is 7.99. The summed E-state index contributed by atoms with van der Waals surface area (Å²) in [6.45, 7) is 0. The molecule has 3 aromatic rings. The summed E-state index contributed by atoms with van der Waals surface area (Å²) in [6.07, 6.45) is 3.43. The molecule has 3 rings (SSSR count). The lowest BCUT2D eigenvalue weighted by atomic mass is 10.2. The topological polar surface area (TPSA) is 63.9 Å². The third-order valence-corrected chi connectivity index (χ3v) is 4.59. The quantitative estimate of drug-likeness (QED) is 0.643. The van der Waals surface area contributed by atoms with Crippen molar-refractivity contribution in [2.75, 3.05) is 19.8 Å². The molecule has 25 heavy (non-hydrogen) atoms. The first-order chi connectivity index (χ1) is 12.1. The number of hydrogen-bond donors (Lipinski definition) is 0. The number of benzene rings is 1. The molecule has 128 valence electrons. The number of pyridine rings is 1. The summed E-state index contributed by atoms with van der Waals surface area (Å²) in [5, 5.41) is 9.80. The molecule has 0 aliphatic carbocycles. The number of carbonyl (C=O) groups is 1. The van der Waals surface area contributed by atoms with Gasteiger partial charge in [-0.15, -0.1) is 10.2 Å². The zero-order valence-electron chi connectivity index (χ0n) is 13.8. The summed E-state index contributed by atoms with van der Waals surface area (Å²) in [4.78, 5) is 17.6. The second-order valence-electron chi connectivity index (χ2n) is 5.44. The van der Waals surface area contributed by atoms with Crippen LogP contribution < -0.4 is 0 Å². The molecule has 0 unspecified atom stereocenters. The van der Waals surface area contributed by atoms with Gasteiger partial charge in [0.2, 0.25) is 5.91 Å². The number of carbonyl (C=O) groups excluding carboxylic acids is 1. The van der Waals surface area contributed by atoms with Crippen LogP contribution >= 0.6 is 23.4 Å². The minimum Gasteiger partial charge on any atom is -0.348 e. The maximum atomic E-state index is 11.9. The van der Waals surface area contributed by atoms with Crippen LogP contribution in [0.4, 0.5) is 0 Å². The Labute approximate surface area is 154 Å². The van der Waals surface area contributed by atoms with Crippen molar-refractivity contribution >= 4 is 29.3 Å². The van der Waals surface area contributed by atoms with E-state index >= 15 is 0 Å². The SMILES string of the molecule is CN(C)C(=O)CSc1nnc(-c2cccnc2)n1-c1cccc(Cl)c1. The molecule has 6 nitrogen and oxygen atoms in total. The van der Waals surface area contributed by atoms with Crippen LogP contribution in [0.1, 0.15) is 0 Å². The molecule has 2 heterocycles. The molecule has 0 bridgehead atoms. The average Bonchev–Trinajstić information content (AvgIpc) is 3.04. The molecule has 0 radical (unpaired) electrons. The van der Waals surface area contributed by atoms with E-state index in [1.807, 2.05) is 41.0 Å². The van der Waals surface area contributed by atoms with Crippen molar-refractivity contribution in [2.45, 2.75) is 5.16 Å². The summed E-state index contributed by atoms with van der Waals surface area (Å²) >= 11 is 7.48. The van der Waals surface area contributed by atoms with Crippen molar-refractivity contribution in [1.29, 1.82) is 0 Å². The predicted molar refractivity (Wildman–Crippen MR) is 99.0 cm³/mol. The Bertz CT molecular complexity index is 882. The van der Waals surface area contributed by atoms with E-state index in [0.717, 1.165) is 11.3 Å². The molecule has 2 aromatic heterocycles. The standard InChI is InChI=1S/C17H16ClN5OS/c1-22(2)15(24)11-25-17-21-20-16(12-5-4-8-19-10-12)23(17)14-7-3-6-13(18)9-14/h3-10H,11H2,1-2H3. The fraction of sp³-hybridized carbons (Fsp3) is 0.176. The third-order valence-electron chi connectivity index (χ3n) is 3.44. The number of nitrogens with zero attached hydrogens (tertiary/aromatic N) is 5. The fourth-order valence-electron chi connectivity index (χ4n) is 2.15. The molecule has 0 saturated carbocycles. The monoisotopic (exact) mass is 373 g/mol. The Kier molecular flexibility index (Phi) is 5.35. The number of thioether (sulfide) groups is 1. The summed E-state index contributed by atoms with van der Waals surface area (Å²) in [5.41, 5.74) is 1.66. The van der Waals surface area contributed by atoms with Gasteiger partial charge in [-0.3, -0.25) is 14.3 Å². The second kappa shape index (κ2) is 7.67. The van der Waals surface area contributed by atoms with Crippen molar-refractivity contribution in [3.63, 3.8) is 0 Å². The lowest BCUT2D eigenvalue weighted by Crippen LogP contribution is -2.23. The highest BCUT2D eigenvalue weighted by Gasteiger charge is 2.18. The lowest BCUT2D eigenvalue weighted by molar-refractivity contribution is -0.125. The molecular weight excluding hydrogens is 358 g/mol. The number of hydrogen-bond acceptors (Lipinski definition) is 5. The molecular formula is C17H16ClN5OS. The molecule has 0 N–H and O–H groups in total. The summed E-state index contributed by atoms with van der Waals surface area (Å²) in [6, 6.07) is 11.2. The predicted octanol–water partition coefficient (Wildman–Crippen LogP) is 3.16. The fourth-order valence-corrected chi connectivity index (χ4v) is 3.26. The van der Waals surface area contributed by atoms with Gasteiger partial charge < -0.3 is 4.90 Å². The maximum Gasteiger partial charge on any atom is 0.232 e. The van der Waals surface area contributed by atoms with Crippen molar-refractivity contribution in [1.82, 2.24) is 24.6 Å². The Hall–Kier alpha value is -2.38. The first-order valence-corrected chi connectivity index (χ1v) is 8.87. The van der Waals surface area contributed by atoms with Crippen LogP contribution in [0.15, 0.2) is 53.9 Å². The van der Waals surface area contributed by atoms with Gasteiger partial charge in [-0.05, 0) is 30.3 Å². The smallest absolute Gasteiger partial charge is 0.232 e. The van der Waals surface area contributed by atoms with Gasteiger partial charge in [-0.2, -0.15) is 0 Å². The minimum absolute atomic E-state index is 0.00794. The first kappa shape index (κ1) is 17.4. The van der Waals surface area contributed by atoms with Crippen LogP contribution in [-0.4, -0.2) is 50.4 Å². The van der Waals surface area contributed by atoms with Gasteiger partial charge >= 0.3 is 0 Å². The van der Waals surface area contributed by atoms with Crippen LogP contribution in [0.5, 0.6) is 0 Å². The van der Waals surface area contributed by atoms with Crippen LogP contribution in [-0.2, 0) is 4.79 Å². The highest BCUT2D eigenvalue weighted by Crippen LogP contribution is 2.28. The van der Waals surface area contributed by atoms with E-state index in [9.17, 15) is 4.79 Å². The van der Waals surface area contributed by atoms with E-state index in [1.54, 1.807) is 31.4 Å². The minimum atomic E-state index is 0.00794. The van der Waals surface area contributed by atoms with Gasteiger partial charge in [0, 0.05) is 37.1 Å². The van der Waals surface area contributed by atoms with E-state index in [-0.39, 0.29) is 11.7 Å². The molecule has 0 aliphatic heterocycles. The van der Waals surface area contributed by atoms with Gasteiger partial charge in [-0.1, -0.05) is 29.4 Å². The van der Waals surface area contributed by atoms with E-state index in [2.05, 4.69) is 15.2 Å². The number of rotatable bonds is 5. The molecule has 0 atom stereocenters. The van der Waals surface area contributed by atoms with Gasteiger partial charge in [-0.25, -0.2) is 0 Å². The van der Waals surface area contributed by atoms with Crippen LogP contribution in [0.25, 0.3) is 17.1 Å². The molecule has 1 amide bonds. The maximum absolute atomic E-state index is 11.9. The van der Waals surface area contributed by atoms with Crippen molar-refractivity contribution in [3.05, 3.63) is 53.8 Å². The summed E-state index contributed by atoms with van der Waals surface area (Å²) < 4.78 is 1.89.